The lowest BCUT2D eigenvalue weighted by molar-refractivity contribution is 0.352. The van der Waals surface area contributed by atoms with Crippen LogP contribution < -0.4 is 0 Å². The first-order valence-electron chi connectivity index (χ1n) is 6.38. The molecular formula is C13H19N3O. The summed E-state index contributed by atoms with van der Waals surface area (Å²) in [6.07, 6.45) is 4.86. The van der Waals surface area contributed by atoms with Gasteiger partial charge in [-0.15, -0.1) is 0 Å². The molecule has 1 aliphatic rings. The Kier molecular flexibility index (Phi) is 3.78. The maximum Gasteiger partial charge on any atom is 0.226 e. The minimum Gasteiger partial charge on any atom is -0.339 e. The van der Waals surface area contributed by atoms with Gasteiger partial charge in [-0.3, -0.25) is 0 Å². The van der Waals surface area contributed by atoms with E-state index >= 15 is 0 Å². The van der Waals surface area contributed by atoms with Crippen LogP contribution in [0.4, 0.5) is 0 Å². The molecule has 0 radical (unpaired) electrons. The van der Waals surface area contributed by atoms with Gasteiger partial charge in [0.2, 0.25) is 5.89 Å². The molecule has 1 aromatic heterocycles. The first-order valence-corrected chi connectivity index (χ1v) is 6.38. The van der Waals surface area contributed by atoms with Crippen LogP contribution in [0.5, 0.6) is 0 Å². The van der Waals surface area contributed by atoms with E-state index in [4.69, 9.17) is 9.78 Å². The van der Waals surface area contributed by atoms with Crippen LogP contribution in [0.3, 0.4) is 0 Å². The van der Waals surface area contributed by atoms with E-state index in [2.05, 4.69) is 23.1 Å². The molecule has 0 aliphatic heterocycles. The average molecular weight is 233 g/mol. The Labute approximate surface area is 102 Å². The molecule has 1 fully saturated rings. The molecule has 0 amide bonds. The fraction of sp³-hybridized carbons (Fsp3) is 0.769. The normalized spacial score (nSPS) is 25.7. The number of hydrogen-bond donors (Lipinski definition) is 0. The van der Waals surface area contributed by atoms with E-state index in [1.807, 2.05) is 6.92 Å². The molecule has 1 aromatic rings. The van der Waals surface area contributed by atoms with Gasteiger partial charge in [0, 0.05) is 18.8 Å². The molecule has 92 valence electrons. The summed E-state index contributed by atoms with van der Waals surface area (Å²) >= 11 is 0. The van der Waals surface area contributed by atoms with Crippen molar-refractivity contribution in [1.82, 2.24) is 10.1 Å². The first kappa shape index (κ1) is 12.1. The fourth-order valence-corrected chi connectivity index (χ4v) is 2.48. The standard InChI is InChI=1S/C13H19N3O/c1-9-3-4-11(7-9)13-15-12(17-16-13)8-10(2)5-6-14/h9-11H,3-5,7-8H2,1-2H3. The fourth-order valence-electron chi connectivity index (χ4n) is 2.48. The largest absolute Gasteiger partial charge is 0.339 e. The van der Waals surface area contributed by atoms with Gasteiger partial charge in [-0.2, -0.15) is 10.2 Å². The smallest absolute Gasteiger partial charge is 0.226 e. The monoisotopic (exact) mass is 233 g/mol. The molecule has 0 aromatic carbocycles. The van der Waals surface area contributed by atoms with Crippen LogP contribution in [0, 0.1) is 23.2 Å². The third-order valence-corrected chi connectivity index (χ3v) is 3.51. The number of nitriles is 1. The lowest BCUT2D eigenvalue weighted by Crippen LogP contribution is -2.00. The van der Waals surface area contributed by atoms with Crippen LogP contribution in [0.1, 0.15) is 57.2 Å². The molecule has 3 atom stereocenters. The average Bonchev–Trinajstić information content (AvgIpc) is 2.87. The van der Waals surface area contributed by atoms with Crippen molar-refractivity contribution in [3.05, 3.63) is 11.7 Å². The zero-order chi connectivity index (χ0) is 12.3. The van der Waals surface area contributed by atoms with Gasteiger partial charge in [0.1, 0.15) is 0 Å². The second-order valence-corrected chi connectivity index (χ2v) is 5.33. The van der Waals surface area contributed by atoms with E-state index in [-0.39, 0.29) is 5.92 Å². The maximum atomic E-state index is 8.61. The van der Waals surface area contributed by atoms with Crippen LogP contribution in [-0.2, 0) is 6.42 Å². The topological polar surface area (TPSA) is 62.7 Å². The molecule has 2 rings (SSSR count). The van der Waals surface area contributed by atoms with Gasteiger partial charge in [0.25, 0.3) is 0 Å². The number of aromatic nitrogens is 2. The van der Waals surface area contributed by atoms with Crippen molar-refractivity contribution in [3.8, 4) is 6.07 Å². The molecular weight excluding hydrogens is 214 g/mol. The van der Waals surface area contributed by atoms with Gasteiger partial charge in [0.15, 0.2) is 5.82 Å². The number of hydrogen-bond acceptors (Lipinski definition) is 4. The SMILES string of the molecule is CC(CC#N)Cc1nc(C2CCC(C)C2)no1. The molecule has 0 N–H and O–H groups in total. The lowest BCUT2D eigenvalue weighted by Gasteiger charge is -2.02. The predicted octanol–water partition coefficient (Wildman–Crippen LogP) is 3.07. The summed E-state index contributed by atoms with van der Waals surface area (Å²) in [5, 5.41) is 12.7. The van der Waals surface area contributed by atoms with Crippen molar-refractivity contribution in [1.29, 1.82) is 5.26 Å². The van der Waals surface area contributed by atoms with Gasteiger partial charge < -0.3 is 4.52 Å². The van der Waals surface area contributed by atoms with Gasteiger partial charge >= 0.3 is 0 Å². The van der Waals surface area contributed by atoms with Crippen LogP contribution >= 0.6 is 0 Å². The Hall–Kier alpha value is -1.37. The van der Waals surface area contributed by atoms with Crippen LogP contribution in [0.2, 0.25) is 0 Å². The number of rotatable bonds is 4. The summed E-state index contributed by atoms with van der Waals surface area (Å²) in [5.41, 5.74) is 0. The summed E-state index contributed by atoms with van der Waals surface area (Å²) in [4.78, 5) is 4.46. The van der Waals surface area contributed by atoms with Crippen LogP contribution in [0.25, 0.3) is 0 Å². The molecule has 1 aliphatic carbocycles. The lowest BCUT2D eigenvalue weighted by atomic mass is 10.0. The Balaban J connectivity index is 1.94. The van der Waals surface area contributed by atoms with Crippen molar-refractivity contribution in [2.75, 3.05) is 0 Å². The Morgan fingerprint density at radius 1 is 1.53 bits per heavy atom. The highest BCUT2D eigenvalue weighted by atomic mass is 16.5. The zero-order valence-electron chi connectivity index (χ0n) is 10.5. The van der Waals surface area contributed by atoms with Gasteiger partial charge in [-0.1, -0.05) is 19.0 Å². The van der Waals surface area contributed by atoms with Gasteiger partial charge in [-0.25, -0.2) is 0 Å². The highest BCUT2D eigenvalue weighted by Gasteiger charge is 2.26. The van der Waals surface area contributed by atoms with Crippen LogP contribution in [0.15, 0.2) is 4.52 Å². The summed E-state index contributed by atoms with van der Waals surface area (Å²) in [6, 6.07) is 2.17. The van der Waals surface area contributed by atoms with Crippen molar-refractivity contribution >= 4 is 0 Å². The molecule has 0 spiro atoms. The van der Waals surface area contributed by atoms with Gasteiger partial charge in [0.05, 0.1) is 6.07 Å². The van der Waals surface area contributed by atoms with E-state index in [0.29, 0.717) is 24.7 Å². The molecule has 3 unspecified atom stereocenters. The summed E-state index contributed by atoms with van der Waals surface area (Å²) in [7, 11) is 0. The van der Waals surface area contributed by atoms with Crippen molar-refractivity contribution in [2.24, 2.45) is 11.8 Å². The summed E-state index contributed by atoms with van der Waals surface area (Å²) in [5.74, 6) is 3.10. The molecule has 4 heteroatoms. The summed E-state index contributed by atoms with van der Waals surface area (Å²) < 4.78 is 5.26. The second kappa shape index (κ2) is 5.31. The van der Waals surface area contributed by atoms with E-state index < -0.39 is 0 Å². The van der Waals surface area contributed by atoms with E-state index in [1.54, 1.807) is 0 Å². The predicted molar refractivity (Wildman–Crippen MR) is 63.2 cm³/mol. The maximum absolute atomic E-state index is 8.61. The third-order valence-electron chi connectivity index (χ3n) is 3.51. The van der Waals surface area contributed by atoms with Crippen molar-refractivity contribution < 1.29 is 4.52 Å². The Morgan fingerprint density at radius 3 is 3.00 bits per heavy atom. The van der Waals surface area contributed by atoms with Crippen molar-refractivity contribution in [2.45, 2.75) is 51.9 Å². The minimum atomic E-state index is 0.288. The minimum absolute atomic E-state index is 0.288. The highest BCUT2D eigenvalue weighted by Crippen LogP contribution is 2.36. The Morgan fingerprint density at radius 2 is 2.35 bits per heavy atom. The molecule has 0 bridgehead atoms. The van der Waals surface area contributed by atoms with Gasteiger partial charge in [-0.05, 0) is 31.1 Å². The molecule has 1 heterocycles. The Bertz CT molecular complexity index is 407. The first-order chi connectivity index (χ1) is 8.19. The quantitative estimate of drug-likeness (QED) is 0.801. The summed E-state index contributed by atoms with van der Waals surface area (Å²) in [6.45, 7) is 4.31. The van der Waals surface area contributed by atoms with E-state index in [0.717, 1.165) is 11.7 Å². The van der Waals surface area contributed by atoms with E-state index in [1.165, 1.54) is 19.3 Å². The zero-order valence-corrected chi connectivity index (χ0v) is 10.5. The number of nitrogens with zero attached hydrogens (tertiary/aromatic N) is 3. The molecule has 17 heavy (non-hydrogen) atoms. The molecule has 1 saturated carbocycles. The second-order valence-electron chi connectivity index (χ2n) is 5.33. The molecule has 4 nitrogen and oxygen atoms in total. The highest BCUT2D eigenvalue weighted by molar-refractivity contribution is 4.99. The van der Waals surface area contributed by atoms with E-state index in [9.17, 15) is 0 Å². The van der Waals surface area contributed by atoms with Crippen molar-refractivity contribution in [3.63, 3.8) is 0 Å². The van der Waals surface area contributed by atoms with Crippen LogP contribution in [-0.4, -0.2) is 10.1 Å². The molecule has 0 saturated heterocycles. The third kappa shape index (κ3) is 3.06.